The molecule has 1 aliphatic rings. The largest absolute Gasteiger partial charge is 0.320 e. The highest BCUT2D eigenvalue weighted by atomic mass is 79.9. The van der Waals surface area contributed by atoms with Crippen molar-refractivity contribution in [1.82, 2.24) is 4.57 Å². The van der Waals surface area contributed by atoms with Crippen molar-refractivity contribution in [1.29, 1.82) is 0 Å². The van der Waals surface area contributed by atoms with Crippen molar-refractivity contribution < 1.29 is 0 Å². The summed E-state index contributed by atoms with van der Waals surface area (Å²) in [6, 6.07) is 6.08. The van der Waals surface area contributed by atoms with E-state index in [1.165, 1.54) is 17.7 Å². The summed E-state index contributed by atoms with van der Waals surface area (Å²) in [5.41, 5.74) is 2.72. The third-order valence-corrected chi connectivity index (χ3v) is 6.22. The molecule has 23 heavy (non-hydrogen) atoms. The molecule has 0 unspecified atom stereocenters. The maximum absolute atomic E-state index is 6.26. The molecule has 1 aromatic heterocycles. The topological polar surface area (TPSA) is 17.3 Å². The van der Waals surface area contributed by atoms with Gasteiger partial charge < -0.3 is 4.57 Å². The van der Waals surface area contributed by atoms with Gasteiger partial charge in [0.25, 0.3) is 0 Å². The smallest absolute Gasteiger partial charge is 0.184 e. The molecule has 2 aromatic rings. The molecule has 1 aliphatic carbocycles. The first kappa shape index (κ1) is 19.0. The molecule has 1 aromatic carbocycles. The van der Waals surface area contributed by atoms with E-state index in [0.717, 1.165) is 30.7 Å². The van der Waals surface area contributed by atoms with Crippen LogP contribution in [-0.4, -0.2) is 11.1 Å². The Morgan fingerprint density at radius 2 is 1.96 bits per heavy atom. The summed E-state index contributed by atoms with van der Waals surface area (Å²) in [5.74, 6) is 0. The van der Waals surface area contributed by atoms with Crippen LogP contribution in [0.4, 0.5) is 0 Å². The van der Waals surface area contributed by atoms with Crippen molar-refractivity contribution in [3.05, 3.63) is 49.7 Å². The van der Waals surface area contributed by atoms with Gasteiger partial charge in [-0.2, -0.15) is 0 Å². The first-order valence-electron chi connectivity index (χ1n) is 7.77. The highest BCUT2D eigenvalue weighted by Crippen LogP contribution is 2.49. The lowest BCUT2D eigenvalue weighted by molar-refractivity contribution is 0.283. The number of aromatic nitrogens is 1. The number of thiazole rings is 1. The number of nitrogens with zero attached hydrogens (tertiary/aromatic N) is 2. The molecule has 0 N–H and O–H groups in total. The monoisotopic (exact) mass is 434 g/mol. The number of halogens is 3. The van der Waals surface area contributed by atoms with Crippen molar-refractivity contribution in [3.8, 4) is 0 Å². The van der Waals surface area contributed by atoms with Crippen LogP contribution in [0, 0.1) is 0 Å². The fourth-order valence-electron chi connectivity index (χ4n) is 3.29. The molecular formula is C17H21BrCl2N2S. The molecule has 0 radical (unpaired) electrons. The first-order valence-corrected chi connectivity index (χ1v) is 9.40. The van der Waals surface area contributed by atoms with E-state index in [9.17, 15) is 0 Å². The quantitative estimate of drug-likeness (QED) is 0.573. The van der Waals surface area contributed by atoms with Crippen LogP contribution in [0.2, 0.25) is 10.0 Å². The second-order valence-corrected chi connectivity index (χ2v) is 7.34. The van der Waals surface area contributed by atoms with Gasteiger partial charge in [0, 0.05) is 29.6 Å². The molecule has 3 rings (SSSR count). The Balaban J connectivity index is 0.00000192. The van der Waals surface area contributed by atoms with Gasteiger partial charge in [-0.1, -0.05) is 35.7 Å². The summed E-state index contributed by atoms with van der Waals surface area (Å²) >= 11 is 14.1. The fraction of sp³-hybridized carbons (Fsp3) is 0.471. The molecule has 1 saturated carbocycles. The molecule has 2 nitrogen and oxygen atoms in total. The Labute approximate surface area is 161 Å². The minimum Gasteiger partial charge on any atom is -0.320 e. The lowest BCUT2D eigenvalue weighted by Crippen LogP contribution is -2.39. The normalized spacial score (nSPS) is 16.8. The SMILES string of the molecule is Br.CC/N=c1/scc(C2(c3ccc(Cl)c(Cl)c3)CCC2)n1CC. The van der Waals surface area contributed by atoms with Crippen LogP contribution < -0.4 is 4.80 Å². The maximum atomic E-state index is 6.26. The summed E-state index contributed by atoms with van der Waals surface area (Å²) in [7, 11) is 0. The van der Waals surface area contributed by atoms with Crippen molar-refractivity contribution in [2.75, 3.05) is 6.54 Å². The molecule has 0 amide bonds. The zero-order chi connectivity index (χ0) is 15.7. The molecular weight excluding hydrogens is 415 g/mol. The van der Waals surface area contributed by atoms with Gasteiger partial charge in [0.1, 0.15) is 0 Å². The van der Waals surface area contributed by atoms with E-state index < -0.39 is 0 Å². The van der Waals surface area contributed by atoms with Crippen LogP contribution in [0.15, 0.2) is 28.6 Å². The van der Waals surface area contributed by atoms with Crippen molar-refractivity contribution in [2.45, 2.75) is 45.1 Å². The molecule has 0 bridgehead atoms. The van der Waals surface area contributed by atoms with Crippen LogP contribution in [0.3, 0.4) is 0 Å². The minimum absolute atomic E-state index is 0. The zero-order valence-electron chi connectivity index (χ0n) is 13.3. The highest BCUT2D eigenvalue weighted by molar-refractivity contribution is 8.93. The van der Waals surface area contributed by atoms with Crippen molar-refractivity contribution >= 4 is 51.5 Å². The van der Waals surface area contributed by atoms with E-state index in [4.69, 9.17) is 23.2 Å². The fourth-order valence-corrected chi connectivity index (χ4v) is 4.72. The molecule has 0 saturated heterocycles. The van der Waals surface area contributed by atoms with E-state index in [1.54, 1.807) is 11.3 Å². The van der Waals surface area contributed by atoms with E-state index in [2.05, 4.69) is 34.9 Å². The summed E-state index contributed by atoms with van der Waals surface area (Å²) < 4.78 is 2.36. The predicted molar refractivity (Wildman–Crippen MR) is 106 cm³/mol. The van der Waals surface area contributed by atoms with Crippen LogP contribution in [0.25, 0.3) is 0 Å². The van der Waals surface area contributed by atoms with Gasteiger partial charge in [0.2, 0.25) is 0 Å². The Bertz CT molecular complexity index is 747. The van der Waals surface area contributed by atoms with Gasteiger partial charge in [-0.3, -0.25) is 4.99 Å². The molecule has 1 fully saturated rings. The zero-order valence-corrected chi connectivity index (χ0v) is 17.4. The van der Waals surface area contributed by atoms with E-state index in [1.807, 2.05) is 12.1 Å². The van der Waals surface area contributed by atoms with Crippen molar-refractivity contribution in [3.63, 3.8) is 0 Å². The van der Waals surface area contributed by atoms with Crippen LogP contribution >= 0.6 is 51.5 Å². The second-order valence-electron chi connectivity index (χ2n) is 5.69. The van der Waals surface area contributed by atoms with Crippen LogP contribution in [0.1, 0.15) is 44.4 Å². The Morgan fingerprint density at radius 3 is 2.48 bits per heavy atom. The van der Waals surface area contributed by atoms with E-state index >= 15 is 0 Å². The summed E-state index contributed by atoms with van der Waals surface area (Å²) in [6.45, 7) is 6.03. The Morgan fingerprint density at radius 1 is 1.22 bits per heavy atom. The van der Waals surface area contributed by atoms with Crippen molar-refractivity contribution in [2.24, 2.45) is 4.99 Å². The number of benzene rings is 1. The number of hydrogen-bond acceptors (Lipinski definition) is 2. The molecule has 126 valence electrons. The molecule has 6 heteroatoms. The average molecular weight is 436 g/mol. The van der Waals surface area contributed by atoms with Crippen LogP contribution in [0.5, 0.6) is 0 Å². The molecule has 0 atom stereocenters. The van der Waals surface area contributed by atoms with Crippen LogP contribution in [-0.2, 0) is 12.0 Å². The third-order valence-electron chi connectivity index (χ3n) is 4.58. The molecule has 0 spiro atoms. The number of rotatable bonds is 4. The van der Waals surface area contributed by atoms with Gasteiger partial charge >= 0.3 is 0 Å². The van der Waals surface area contributed by atoms with Gasteiger partial charge in [-0.25, -0.2) is 0 Å². The standard InChI is InChI=1S/C17H20Cl2N2S.BrH/c1-3-20-16-21(4-2)15(11-22-16)17(8-5-9-17)12-6-7-13(18)14(19)10-12;/h6-7,10-11H,3-5,8-9H2,1-2H3;1H/b20-16+;. The summed E-state index contributed by atoms with van der Waals surface area (Å²) in [4.78, 5) is 5.75. The van der Waals surface area contributed by atoms with E-state index in [0.29, 0.717) is 10.0 Å². The summed E-state index contributed by atoms with van der Waals surface area (Å²) in [6.07, 6.45) is 3.57. The average Bonchev–Trinajstić information content (AvgIpc) is 2.85. The van der Waals surface area contributed by atoms with Gasteiger partial charge in [0.05, 0.1) is 10.0 Å². The predicted octanol–water partition coefficient (Wildman–Crippen LogP) is 5.84. The van der Waals surface area contributed by atoms with E-state index in [-0.39, 0.29) is 22.4 Å². The van der Waals surface area contributed by atoms with Gasteiger partial charge in [0.15, 0.2) is 4.80 Å². The maximum Gasteiger partial charge on any atom is 0.184 e. The molecule has 1 heterocycles. The Kier molecular flexibility index (Phi) is 6.40. The lowest BCUT2D eigenvalue weighted by atomic mass is 9.62. The highest BCUT2D eigenvalue weighted by Gasteiger charge is 2.42. The Hall–Kier alpha value is -0.290. The third kappa shape index (κ3) is 3.28. The minimum atomic E-state index is 0. The summed E-state index contributed by atoms with van der Waals surface area (Å²) in [5, 5.41) is 3.54. The first-order chi connectivity index (χ1) is 10.6. The lowest BCUT2D eigenvalue weighted by Gasteiger charge is -2.43. The number of hydrogen-bond donors (Lipinski definition) is 0. The van der Waals surface area contributed by atoms with Gasteiger partial charge in [-0.15, -0.1) is 28.3 Å². The second kappa shape index (κ2) is 7.73. The molecule has 0 aliphatic heterocycles. The van der Waals surface area contributed by atoms with Gasteiger partial charge in [-0.05, 0) is 44.4 Å².